The lowest BCUT2D eigenvalue weighted by atomic mass is 10.1. The van der Waals surface area contributed by atoms with Crippen molar-refractivity contribution < 1.29 is 19.1 Å². The Morgan fingerprint density at radius 2 is 2.06 bits per heavy atom. The van der Waals surface area contributed by atoms with Crippen molar-refractivity contribution in [2.24, 2.45) is 0 Å². The van der Waals surface area contributed by atoms with Crippen LogP contribution in [0, 0.1) is 5.82 Å². The number of halogens is 2. The average molecular weight is 258 g/mol. The highest BCUT2D eigenvalue weighted by molar-refractivity contribution is 6.31. The number of amides is 1. The van der Waals surface area contributed by atoms with Gasteiger partial charge in [0, 0.05) is 5.02 Å². The lowest BCUT2D eigenvalue weighted by molar-refractivity contribution is -0.140. The van der Waals surface area contributed by atoms with Crippen LogP contribution in [0.25, 0.3) is 0 Å². The average Bonchev–Trinajstić information content (AvgIpc) is 3.02. The Kier molecular flexibility index (Phi) is 2.79. The SMILES string of the molecule is O=C(NC1(C(=O)O)CC1)c1cc(Cl)ccc1F. The molecule has 17 heavy (non-hydrogen) atoms. The van der Waals surface area contributed by atoms with Crippen molar-refractivity contribution in [1.29, 1.82) is 0 Å². The molecule has 1 saturated carbocycles. The van der Waals surface area contributed by atoms with Crippen LogP contribution >= 0.6 is 11.6 Å². The minimum atomic E-state index is -1.23. The topological polar surface area (TPSA) is 66.4 Å². The predicted molar refractivity (Wildman–Crippen MR) is 58.5 cm³/mol. The molecule has 0 unspecified atom stereocenters. The van der Waals surface area contributed by atoms with Crippen molar-refractivity contribution in [1.82, 2.24) is 5.32 Å². The fourth-order valence-electron chi connectivity index (χ4n) is 1.47. The van der Waals surface area contributed by atoms with Gasteiger partial charge in [0.25, 0.3) is 5.91 Å². The van der Waals surface area contributed by atoms with E-state index in [4.69, 9.17) is 16.7 Å². The van der Waals surface area contributed by atoms with E-state index < -0.39 is 23.2 Å². The number of carboxylic acids is 1. The van der Waals surface area contributed by atoms with Crippen LogP contribution < -0.4 is 5.32 Å². The fourth-order valence-corrected chi connectivity index (χ4v) is 1.65. The number of hydrogen-bond donors (Lipinski definition) is 2. The summed E-state index contributed by atoms with van der Waals surface area (Å²) in [6.07, 6.45) is 0.715. The van der Waals surface area contributed by atoms with E-state index in [1.165, 1.54) is 12.1 Å². The third kappa shape index (κ3) is 2.24. The number of carboxylic acid groups (broad SMARTS) is 1. The summed E-state index contributed by atoms with van der Waals surface area (Å²) >= 11 is 5.65. The number of hydrogen-bond acceptors (Lipinski definition) is 2. The second-order valence-electron chi connectivity index (χ2n) is 3.97. The van der Waals surface area contributed by atoms with E-state index in [9.17, 15) is 14.0 Å². The van der Waals surface area contributed by atoms with Crippen LogP contribution in [0.15, 0.2) is 18.2 Å². The molecular weight excluding hydrogens is 249 g/mol. The molecule has 1 fully saturated rings. The summed E-state index contributed by atoms with van der Waals surface area (Å²) in [7, 11) is 0. The maximum Gasteiger partial charge on any atom is 0.329 e. The summed E-state index contributed by atoms with van der Waals surface area (Å²) in [6, 6.07) is 3.56. The molecule has 0 heterocycles. The highest BCUT2D eigenvalue weighted by Crippen LogP contribution is 2.36. The van der Waals surface area contributed by atoms with Gasteiger partial charge in [-0.3, -0.25) is 4.79 Å². The van der Waals surface area contributed by atoms with Crippen LogP contribution in [0.2, 0.25) is 5.02 Å². The Morgan fingerprint density at radius 1 is 1.41 bits per heavy atom. The first-order chi connectivity index (χ1) is 7.94. The molecule has 0 spiro atoms. The van der Waals surface area contributed by atoms with Crippen LogP contribution in [0.1, 0.15) is 23.2 Å². The molecule has 0 atom stereocenters. The smallest absolute Gasteiger partial charge is 0.329 e. The van der Waals surface area contributed by atoms with E-state index in [1.807, 2.05) is 0 Å². The number of carbonyl (C=O) groups excluding carboxylic acids is 1. The van der Waals surface area contributed by atoms with Crippen LogP contribution in [-0.2, 0) is 4.79 Å². The van der Waals surface area contributed by atoms with E-state index in [2.05, 4.69) is 5.32 Å². The first kappa shape index (κ1) is 11.9. The van der Waals surface area contributed by atoms with Gasteiger partial charge in [-0.15, -0.1) is 0 Å². The molecule has 0 bridgehead atoms. The minimum Gasteiger partial charge on any atom is -0.480 e. The molecule has 90 valence electrons. The second-order valence-corrected chi connectivity index (χ2v) is 4.40. The normalized spacial score (nSPS) is 16.4. The van der Waals surface area contributed by atoms with Gasteiger partial charge in [-0.1, -0.05) is 11.6 Å². The van der Waals surface area contributed by atoms with Crippen molar-refractivity contribution in [3.8, 4) is 0 Å². The monoisotopic (exact) mass is 257 g/mol. The van der Waals surface area contributed by atoms with Crippen LogP contribution in [0.5, 0.6) is 0 Å². The van der Waals surface area contributed by atoms with Crippen molar-refractivity contribution in [2.45, 2.75) is 18.4 Å². The molecule has 1 aliphatic carbocycles. The van der Waals surface area contributed by atoms with Crippen molar-refractivity contribution in [2.75, 3.05) is 0 Å². The molecule has 2 rings (SSSR count). The van der Waals surface area contributed by atoms with Gasteiger partial charge in [-0.05, 0) is 31.0 Å². The van der Waals surface area contributed by atoms with E-state index in [1.54, 1.807) is 0 Å². The Bertz CT molecular complexity index is 499. The standard InChI is InChI=1S/C11H9ClFNO3/c12-6-1-2-8(13)7(5-6)9(15)14-11(3-4-11)10(16)17/h1-2,5H,3-4H2,(H,14,15)(H,16,17). The molecule has 0 radical (unpaired) electrons. The second kappa shape index (κ2) is 4.00. The Balaban J connectivity index is 2.21. The molecule has 0 saturated heterocycles. The zero-order valence-electron chi connectivity index (χ0n) is 8.67. The maximum atomic E-state index is 13.3. The number of benzene rings is 1. The molecule has 1 amide bonds. The first-order valence-corrected chi connectivity index (χ1v) is 5.33. The molecule has 1 aromatic rings. The van der Waals surface area contributed by atoms with Gasteiger partial charge >= 0.3 is 5.97 Å². The number of carbonyl (C=O) groups is 2. The van der Waals surface area contributed by atoms with Crippen molar-refractivity contribution in [3.63, 3.8) is 0 Å². The minimum absolute atomic E-state index is 0.219. The Labute approximate surface area is 101 Å². The molecule has 6 heteroatoms. The third-order valence-corrected chi connectivity index (χ3v) is 2.92. The largest absolute Gasteiger partial charge is 0.480 e. The van der Waals surface area contributed by atoms with Gasteiger partial charge in [0.2, 0.25) is 0 Å². The van der Waals surface area contributed by atoms with Crippen molar-refractivity contribution in [3.05, 3.63) is 34.6 Å². The zero-order valence-corrected chi connectivity index (χ0v) is 9.42. The summed E-state index contributed by atoms with van der Waals surface area (Å²) in [5.41, 5.74) is -1.48. The molecule has 1 aliphatic rings. The van der Waals surface area contributed by atoms with Gasteiger partial charge < -0.3 is 10.4 Å². The van der Waals surface area contributed by atoms with E-state index in [-0.39, 0.29) is 10.6 Å². The van der Waals surface area contributed by atoms with Gasteiger partial charge in [0.05, 0.1) is 5.56 Å². The molecule has 0 aliphatic heterocycles. The summed E-state index contributed by atoms with van der Waals surface area (Å²) in [4.78, 5) is 22.6. The summed E-state index contributed by atoms with van der Waals surface area (Å²) in [5, 5.41) is 11.4. The number of aliphatic carboxylic acids is 1. The van der Waals surface area contributed by atoms with Gasteiger partial charge in [-0.25, -0.2) is 9.18 Å². The van der Waals surface area contributed by atoms with Gasteiger partial charge in [0.1, 0.15) is 11.4 Å². The highest BCUT2D eigenvalue weighted by atomic mass is 35.5. The molecule has 0 aromatic heterocycles. The molecule has 1 aromatic carbocycles. The molecule has 2 N–H and O–H groups in total. The van der Waals surface area contributed by atoms with E-state index >= 15 is 0 Å². The van der Waals surface area contributed by atoms with Gasteiger partial charge in [-0.2, -0.15) is 0 Å². The Hall–Kier alpha value is -1.62. The fraction of sp³-hybridized carbons (Fsp3) is 0.273. The molecule has 4 nitrogen and oxygen atoms in total. The van der Waals surface area contributed by atoms with E-state index in [0.29, 0.717) is 12.8 Å². The summed E-state index contributed by atoms with van der Waals surface area (Å²) in [5.74, 6) is -2.59. The zero-order chi connectivity index (χ0) is 12.6. The Morgan fingerprint density at radius 3 is 2.59 bits per heavy atom. The maximum absolute atomic E-state index is 13.3. The lowest BCUT2D eigenvalue weighted by Gasteiger charge is -2.12. The summed E-state index contributed by atoms with van der Waals surface area (Å²) < 4.78 is 13.3. The quantitative estimate of drug-likeness (QED) is 0.868. The lowest BCUT2D eigenvalue weighted by Crippen LogP contribution is -2.43. The number of rotatable bonds is 3. The highest BCUT2D eigenvalue weighted by Gasteiger charge is 2.51. The van der Waals surface area contributed by atoms with Crippen LogP contribution in [0.4, 0.5) is 4.39 Å². The van der Waals surface area contributed by atoms with Crippen LogP contribution in [-0.4, -0.2) is 22.5 Å². The predicted octanol–water partition coefficient (Wildman–Crippen LogP) is 1.83. The van der Waals surface area contributed by atoms with Crippen molar-refractivity contribution >= 4 is 23.5 Å². The van der Waals surface area contributed by atoms with Crippen LogP contribution in [0.3, 0.4) is 0 Å². The summed E-state index contributed by atoms with van der Waals surface area (Å²) in [6.45, 7) is 0. The van der Waals surface area contributed by atoms with E-state index in [0.717, 1.165) is 6.07 Å². The van der Waals surface area contributed by atoms with Gasteiger partial charge in [0.15, 0.2) is 0 Å². The third-order valence-electron chi connectivity index (χ3n) is 2.69. The molecular formula is C11H9ClFNO3. The number of nitrogens with one attached hydrogen (secondary N) is 1. The first-order valence-electron chi connectivity index (χ1n) is 4.95.